The Kier molecular flexibility index (Phi) is 4.50. The SMILES string of the molecule is COc1ccc(C(=O)NCCn2ccnc2C2CC2)cc1OC. The van der Waals surface area contributed by atoms with Gasteiger partial charge in [-0.15, -0.1) is 0 Å². The highest BCUT2D eigenvalue weighted by Gasteiger charge is 2.27. The first kappa shape index (κ1) is 15.4. The molecule has 1 fully saturated rings. The van der Waals surface area contributed by atoms with Crippen LogP contribution in [0.5, 0.6) is 11.5 Å². The van der Waals surface area contributed by atoms with Crippen molar-refractivity contribution in [3.8, 4) is 11.5 Å². The zero-order valence-electron chi connectivity index (χ0n) is 13.4. The number of carbonyl (C=O) groups is 1. The number of hydrogen-bond acceptors (Lipinski definition) is 4. The number of methoxy groups -OCH3 is 2. The van der Waals surface area contributed by atoms with Crippen LogP contribution in [0.15, 0.2) is 30.6 Å². The van der Waals surface area contributed by atoms with Crippen molar-refractivity contribution in [2.45, 2.75) is 25.3 Å². The van der Waals surface area contributed by atoms with Gasteiger partial charge in [-0.25, -0.2) is 4.98 Å². The minimum absolute atomic E-state index is 0.126. The van der Waals surface area contributed by atoms with E-state index in [4.69, 9.17) is 9.47 Å². The van der Waals surface area contributed by atoms with Gasteiger partial charge in [-0.05, 0) is 31.0 Å². The van der Waals surface area contributed by atoms with Crippen LogP contribution in [0.3, 0.4) is 0 Å². The smallest absolute Gasteiger partial charge is 0.251 e. The summed E-state index contributed by atoms with van der Waals surface area (Å²) in [7, 11) is 3.12. The highest BCUT2D eigenvalue weighted by Crippen LogP contribution is 2.38. The molecule has 1 aliphatic rings. The number of imidazole rings is 1. The zero-order valence-corrected chi connectivity index (χ0v) is 13.4. The molecule has 1 saturated carbocycles. The van der Waals surface area contributed by atoms with Crippen molar-refractivity contribution in [1.82, 2.24) is 14.9 Å². The standard InChI is InChI=1S/C17H21N3O3/c1-22-14-6-5-13(11-15(14)23-2)17(21)19-8-10-20-9-7-18-16(20)12-3-4-12/h5-7,9,11-12H,3-4,8,10H2,1-2H3,(H,19,21). The van der Waals surface area contributed by atoms with Gasteiger partial charge < -0.3 is 19.4 Å². The highest BCUT2D eigenvalue weighted by molar-refractivity contribution is 5.94. The van der Waals surface area contributed by atoms with E-state index in [1.165, 1.54) is 12.8 Å². The lowest BCUT2D eigenvalue weighted by Crippen LogP contribution is -2.27. The lowest BCUT2D eigenvalue weighted by atomic mass is 10.2. The molecule has 0 saturated heterocycles. The molecule has 3 rings (SSSR count). The zero-order chi connectivity index (χ0) is 16.2. The van der Waals surface area contributed by atoms with Gasteiger partial charge in [0.2, 0.25) is 0 Å². The third-order valence-electron chi connectivity index (χ3n) is 3.97. The monoisotopic (exact) mass is 315 g/mol. The lowest BCUT2D eigenvalue weighted by molar-refractivity contribution is 0.0952. The van der Waals surface area contributed by atoms with E-state index in [9.17, 15) is 4.79 Å². The number of ether oxygens (including phenoxy) is 2. The Morgan fingerprint density at radius 3 is 2.78 bits per heavy atom. The summed E-state index contributed by atoms with van der Waals surface area (Å²) in [4.78, 5) is 16.6. The Morgan fingerprint density at radius 2 is 2.09 bits per heavy atom. The molecule has 0 radical (unpaired) electrons. The summed E-state index contributed by atoms with van der Waals surface area (Å²) < 4.78 is 12.5. The molecule has 0 spiro atoms. The number of hydrogen-bond donors (Lipinski definition) is 1. The van der Waals surface area contributed by atoms with E-state index in [-0.39, 0.29) is 5.91 Å². The van der Waals surface area contributed by atoms with Crippen LogP contribution in [-0.2, 0) is 6.54 Å². The topological polar surface area (TPSA) is 65.4 Å². The van der Waals surface area contributed by atoms with Crippen LogP contribution in [0.2, 0.25) is 0 Å². The quantitative estimate of drug-likeness (QED) is 0.851. The van der Waals surface area contributed by atoms with Gasteiger partial charge in [-0.1, -0.05) is 0 Å². The van der Waals surface area contributed by atoms with Gasteiger partial charge in [0.25, 0.3) is 5.91 Å². The van der Waals surface area contributed by atoms with Crippen LogP contribution >= 0.6 is 0 Å². The van der Waals surface area contributed by atoms with Crippen LogP contribution in [0, 0.1) is 0 Å². The third-order valence-corrected chi connectivity index (χ3v) is 3.97. The van der Waals surface area contributed by atoms with E-state index < -0.39 is 0 Å². The molecule has 122 valence electrons. The number of nitrogens with zero attached hydrogens (tertiary/aromatic N) is 2. The summed E-state index contributed by atoms with van der Waals surface area (Å²) in [5.41, 5.74) is 0.552. The van der Waals surface area contributed by atoms with Gasteiger partial charge in [0.1, 0.15) is 5.82 Å². The molecule has 1 heterocycles. The molecule has 6 heteroatoms. The molecule has 0 bridgehead atoms. The van der Waals surface area contributed by atoms with Crippen molar-refractivity contribution in [3.05, 3.63) is 42.0 Å². The Morgan fingerprint density at radius 1 is 1.30 bits per heavy atom. The lowest BCUT2D eigenvalue weighted by Gasteiger charge is -2.11. The van der Waals surface area contributed by atoms with E-state index in [0.29, 0.717) is 29.5 Å². The second-order valence-electron chi connectivity index (χ2n) is 5.58. The fraction of sp³-hybridized carbons (Fsp3) is 0.412. The van der Waals surface area contributed by atoms with Crippen molar-refractivity contribution < 1.29 is 14.3 Å². The van der Waals surface area contributed by atoms with Crippen molar-refractivity contribution in [1.29, 1.82) is 0 Å². The molecular formula is C17H21N3O3. The molecular weight excluding hydrogens is 294 g/mol. The Hall–Kier alpha value is -2.50. The molecule has 1 aromatic heterocycles. The first-order chi connectivity index (χ1) is 11.2. The maximum Gasteiger partial charge on any atom is 0.251 e. The molecule has 1 aliphatic carbocycles. The van der Waals surface area contributed by atoms with Crippen molar-refractivity contribution in [3.63, 3.8) is 0 Å². The highest BCUT2D eigenvalue weighted by atomic mass is 16.5. The van der Waals surface area contributed by atoms with Gasteiger partial charge in [0, 0.05) is 37.0 Å². The van der Waals surface area contributed by atoms with E-state index in [0.717, 1.165) is 12.4 Å². The van der Waals surface area contributed by atoms with Gasteiger partial charge in [0.15, 0.2) is 11.5 Å². The van der Waals surface area contributed by atoms with E-state index >= 15 is 0 Å². The number of carbonyl (C=O) groups excluding carboxylic acids is 1. The number of aromatic nitrogens is 2. The van der Waals surface area contributed by atoms with Crippen LogP contribution < -0.4 is 14.8 Å². The molecule has 1 amide bonds. The second kappa shape index (κ2) is 6.73. The van der Waals surface area contributed by atoms with Crippen molar-refractivity contribution in [2.24, 2.45) is 0 Å². The summed E-state index contributed by atoms with van der Waals surface area (Å²) in [6.45, 7) is 1.29. The fourth-order valence-electron chi connectivity index (χ4n) is 2.58. The minimum Gasteiger partial charge on any atom is -0.493 e. The van der Waals surface area contributed by atoms with Gasteiger partial charge in [-0.3, -0.25) is 4.79 Å². The van der Waals surface area contributed by atoms with Crippen LogP contribution in [0.4, 0.5) is 0 Å². The molecule has 1 N–H and O–H groups in total. The average molecular weight is 315 g/mol. The predicted octanol–water partition coefficient (Wildman–Crippen LogP) is 2.21. The average Bonchev–Trinajstić information content (AvgIpc) is 3.33. The Labute approximate surface area is 135 Å². The van der Waals surface area contributed by atoms with Gasteiger partial charge in [0.05, 0.1) is 14.2 Å². The van der Waals surface area contributed by atoms with E-state index in [1.807, 2.05) is 12.4 Å². The first-order valence-corrected chi connectivity index (χ1v) is 7.74. The van der Waals surface area contributed by atoms with Crippen molar-refractivity contribution >= 4 is 5.91 Å². The molecule has 0 unspecified atom stereocenters. The Balaban J connectivity index is 1.57. The van der Waals surface area contributed by atoms with Gasteiger partial charge >= 0.3 is 0 Å². The molecule has 23 heavy (non-hydrogen) atoms. The summed E-state index contributed by atoms with van der Waals surface area (Å²) in [6.07, 6.45) is 6.23. The van der Waals surface area contributed by atoms with Crippen LogP contribution in [0.25, 0.3) is 0 Å². The number of nitrogens with one attached hydrogen (secondary N) is 1. The third kappa shape index (κ3) is 3.47. The van der Waals surface area contributed by atoms with E-state index in [1.54, 1.807) is 32.4 Å². The number of rotatable bonds is 7. The molecule has 0 atom stereocenters. The maximum atomic E-state index is 12.2. The van der Waals surface area contributed by atoms with Crippen LogP contribution in [0.1, 0.15) is 34.9 Å². The molecule has 1 aromatic carbocycles. The normalized spacial score (nSPS) is 13.7. The largest absolute Gasteiger partial charge is 0.493 e. The fourth-order valence-corrected chi connectivity index (χ4v) is 2.58. The number of amides is 1. The minimum atomic E-state index is -0.126. The van der Waals surface area contributed by atoms with E-state index in [2.05, 4.69) is 14.9 Å². The predicted molar refractivity (Wildman–Crippen MR) is 86.1 cm³/mol. The summed E-state index contributed by atoms with van der Waals surface area (Å²) >= 11 is 0. The van der Waals surface area contributed by atoms with Crippen LogP contribution in [-0.4, -0.2) is 36.2 Å². The Bertz CT molecular complexity index is 692. The summed E-state index contributed by atoms with van der Waals surface area (Å²) in [5.74, 6) is 2.76. The number of benzene rings is 1. The summed E-state index contributed by atoms with van der Waals surface area (Å²) in [5, 5.41) is 2.93. The molecule has 0 aliphatic heterocycles. The molecule has 6 nitrogen and oxygen atoms in total. The van der Waals surface area contributed by atoms with Crippen molar-refractivity contribution in [2.75, 3.05) is 20.8 Å². The maximum absolute atomic E-state index is 12.2. The first-order valence-electron chi connectivity index (χ1n) is 7.74. The molecule has 2 aromatic rings. The van der Waals surface area contributed by atoms with Gasteiger partial charge in [-0.2, -0.15) is 0 Å². The summed E-state index contributed by atoms with van der Waals surface area (Å²) in [6, 6.07) is 5.14. The second-order valence-corrected chi connectivity index (χ2v) is 5.58.